The number of likely N-dealkylation sites (N-methyl/N-ethyl adjacent to an activating group) is 1. The normalized spacial score (nSPS) is 13.0. The Morgan fingerprint density at radius 1 is 1.50 bits per heavy atom. The Hall–Kier alpha value is -1.13. The summed E-state index contributed by atoms with van der Waals surface area (Å²) in [5, 5.41) is 3.34. The number of hydrogen-bond acceptors (Lipinski definition) is 4. The lowest BCUT2D eigenvalue weighted by atomic mass is 10.0. The van der Waals surface area contributed by atoms with Gasteiger partial charge in [0.2, 0.25) is 0 Å². The second-order valence-corrected chi connectivity index (χ2v) is 4.37. The van der Waals surface area contributed by atoms with Gasteiger partial charge in [0.15, 0.2) is 0 Å². The Morgan fingerprint density at radius 2 is 2.25 bits per heavy atom. The first-order valence-electron chi connectivity index (χ1n) is 5.64. The van der Waals surface area contributed by atoms with E-state index >= 15 is 0 Å². The van der Waals surface area contributed by atoms with E-state index in [9.17, 15) is 0 Å². The molecule has 0 fully saturated rings. The van der Waals surface area contributed by atoms with Crippen molar-refractivity contribution in [2.24, 2.45) is 0 Å². The topological polar surface area (TPSA) is 54.2 Å². The minimum Gasteiger partial charge on any atom is -0.384 e. The molecule has 0 saturated carbocycles. The van der Waals surface area contributed by atoms with Gasteiger partial charge in [-0.2, -0.15) is 0 Å². The Morgan fingerprint density at radius 3 is 2.81 bits per heavy atom. The van der Waals surface area contributed by atoms with E-state index in [-0.39, 0.29) is 0 Å². The number of rotatable bonds is 6. The van der Waals surface area contributed by atoms with Crippen LogP contribution in [0.3, 0.4) is 0 Å². The predicted molar refractivity (Wildman–Crippen MR) is 68.4 cm³/mol. The van der Waals surface area contributed by atoms with Crippen LogP contribution in [0.25, 0.3) is 0 Å². The molecule has 0 aromatic carbocycles. The average molecular weight is 222 g/mol. The summed E-state index contributed by atoms with van der Waals surface area (Å²) in [5.74, 6) is 0.597. The number of nitrogen functional groups attached to an aromatic ring is 1. The van der Waals surface area contributed by atoms with Gasteiger partial charge < -0.3 is 16.0 Å². The van der Waals surface area contributed by atoms with Gasteiger partial charge in [0.1, 0.15) is 5.82 Å². The van der Waals surface area contributed by atoms with Gasteiger partial charge in [0.05, 0.1) is 0 Å². The zero-order chi connectivity index (χ0) is 12.0. The third kappa shape index (κ3) is 4.59. The van der Waals surface area contributed by atoms with E-state index in [1.54, 1.807) is 6.20 Å². The molecule has 0 spiro atoms. The van der Waals surface area contributed by atoms with E-state index in [4.69, 9.17) is 5.73 Å². The third-order valence-electron chi connectivity index (χ3n) is 2.66. The maximum atomic E-state index is 5.66. The van der Waals surface area contributed by atoms with Gasteiger partial charge in [-0.3, -0.25) is 0 Å². The van der Waals surface area contributed by atoms with Crippen molar-refractivity contribution in [1.29, 1.82) is 0 Å². The number of nitrogens with zero attached hydrogens (tertiary/aromatic N) is 2. The van der Waals surface area contributed by atoms with Crippen molar-refractivity contribution in [2.75, 3.05) is 33.4 Å². The van der Waals surface area contributed by atoms with Crippen LogP contribution >= 0.6 is 0 Å². The number of nitrogens with one attached hydrogen (secondary N) is 1. The quantitative estimate of drug-likeness (QED) is 0.745. The Labute approximate surface area is 97.9 Å². The van der Waals surface area contributed by atoms with E-state index in [2.05, 4.69) is 29.3 Å². The number of hydrogen-bond donors (Lipinski definition) is 2. The highest BCUT2D eigenvalue weighted by molar-refractivity contribution is 5.32. The average Bonchev–Trinajstić information content (AvgIpc) is 2.24. The molecule has 1 rings (SSSR count). The minimum atomic E-state index is 0.490. The molecule has 90 valence electrons. The molecule has 0 bridgehead atoms. The molecule has 0 aliphatic rings. The zero-order valence-corrected chi connectivity index (χ0v) is 10.4. The molecule has 1 aromatic rings. The Bertz CT molecular complexity index is 312. The van der Waals surface area contributed by atoms with Crippen LogP contribution in [0.2, 0.25) is 0 Å². The number of nitrogens with two attached hydrogens (primary N) is 1. The second kappa shape index (κ2) is 6.45. The van der Waals surface area contributed by atoms with E-state index in [1.165, 1.54) is 5.56 Å². The van der Waals surface area contributed by atoms with Gasteiger partial charge in [0, 0.05) is 12.2 Å². The van der Waals surface area contributed by atoms with Crippen molar-refractivity contribution in [1.82, 2.24) is 15.2 Å². The number of pyridine rings is 1. The summed E-state index contributed by atoms with van der Waals surface area (Å²) in [7, 11) is 6.19. The fourth-order valence-corrected chi connectivity index (χ4v) is 1.67. The van der Waals surface area contributed by atoms with Crippen molar-refractivity contribution >= 4 is 5.82 Å². The Balaban J connectivity index is 2.49. The van der Waals surface area contributed by atoms with Crippen LogP contribution in [0.4, 0.5) is 5.82 Å². The summed E-state index contributed by atoms with van der Waals surface area (Å²) in [6.45, 7) is 1.09. The lowest BCUT2D eigenvalue weighted by molar-refractivity contribution is 0.364. The van der Waals surface area contributed by atoms with Gasteiger partial charge in [-0.05, 0) is 58.2 Å². The van der Waals surface area contributed by atoms with Crippen LogP contribution in [-0.4, -0.2) is 43.6 Å². The largest absolute Gasteiger partial charge is 0.384 e. The fourth-order valence-electron chi connectivity index (χ4n) is 1.67. The standard InChI is InChI=1S/C12H22N4/c1-14-11(5-7-16(2)3)8-10-4-6-15-12(13)9-10/h4,6,9,11,14H,5,7-8H2,1-3H3,(H2,13,15). The summed E-state index contributed by atoms with van der Waals surface area (Å²) in [6.07, 6.45) is 3.89. The molecule has 4 heteroatoms. The van der Waals surface area contributed by atoms with Gasteiger partial charge >= 0.3 is 0 Å². The summed E-state index contributed by atoms with van der Waals surface area (Å²) < 4.78 is 0. The van der Waals surface area contributed by atoms with Crippen LogP contribution in [0, 0.1) is 0 Å². The molecular weight excluding hydrogens is 200 g/mol. The number of aromatic nitrogens is 1. The van der Waals surface area contributed by atoms with Crippen LogP contribution in [-0.2, 0) is 6.42 Å². The van der Waals surface area contributed by atoms with Crippen molar-refractivity contribution in [3.8, 4) is 0 Å². The lowest BCUT2D eigenvalue weighted by Crippen LogP contribution is -2.31. The monoisotopic (exact) mass is 222 g/mol. The van der Waals surface area contributed by atoms with Gasteiger partial charge in [-0.1, -0.05) is 0 Å². The minimum absolute atomic E-state index is 0.490. The molecule has 3 N–H and O–H groups in total. The summed E-state index contributed by atoms with van der Waals surface area (Å²) >= 11 is 0. The van der Waals surface area contributed by atoms with E-state index in [0.717, 1.165) is 19.4 Å². The van der Waals surface area contributed by atoms with Crippen LogP contribution in [0.15, 0.2) is 18.3 Å². The van der Waals surface area contributed by atoms with E-state index < -0.39 is 0 Å². The van der Waals surface area contributed by atoms with Crippen molar-refractivity contribution in [3.05, 3.63) is 23.9 Å². The van der Waals surface area contributed by atoms with Crippen molar-refractivity contribution in [2.45, 2.75) is 18.9 Å². The molecule has 0 saturated heterocycles. The molecule has 4 nitrogen and oxygen atoms in total. The molecule has 0 amide bonds. The first-order valence-corrected chi connectivity index (χ1v) is 5.64. The van der Waals surface area contributed by atoms with Crippen LogP contribution in [0.1, 0.15) is 12.0 Å². The molecule has 16 heavy (non-hydrogen) atoms. The van der Waals surface area contributed by atoms with Crippen molar-refractivity contribution in [3.63, 3.8) is 0 Å². The third-order valence-corrected chi connectivity index (χ3v) is 2.66. The van der Waals surface area contributed by atoms with Gasteiger partial charge in [-0.25, -0.2) is 4.98 Å². The molecular formula is C12H22N4. The molecule has 1 aromatic heterocycles. The first-order chi connectivity index (χ1) is 7.61. The van der Waals surface area contributed by atoms with E-state index in [1.807, 2.05) is 19.2 Å². The summed E-state index contributed by atoms with van der Waals surface area (Å²) in [5.41, 5.74) is 6.90. The molecule has 1 heterocycles. The zero-order valence-electron chi connectivity index (χ0n) is 10.4. The number of anilines is 1. The molecule has 0 radical (unpaired) electrons. The second-order valence-electron chi connectivity index (χ2n) is 4.37. The molecule has 0 aliphatic heterocycles. The maximum Gasteiger partial charge on any atom is 0.123 e. The molecule has 1 atom stereocenters. The highest BCUT2D eigenvalue weighted by Gasteiger charge is 2.07. The van der Waals surface area contributed by atoms with E-state index in [0.29, 0.717) is 11.9 Å². The summed E-state index contributed by atoms with van der Waals surface area (Å²) in [4.78, 5) is 6.20. The smallest absolute Gasteiger partial charge is 0.123 e. The highest BCUT2D eigenvalue weighted by Crippen LogP contribution is 2.08. The van der Waals surface area contributed by atoms with Gasteiger partial charge in [0.25, 0.3) is 0 Å². The Kier molecular flexibility index (Phi) is 5.22. The summed E-state index contributed by atoms with van der Waals surface area (Å²) in [6, 6.07) is 4.46. The highest BCUT2D eigenvalue weighted by atomic mass is 15.1. The lowest BCUT2D eigenvalue weighted by Gasteiger charge is -2.18. The fraction of sp³-hybridized carbons (Fsp3) is 0.583. The molecule has 0 aliphatic carbocycles. The van der Waals surface area contributed by atoms with Gasteiger partial charge in [-0.15, -0.1) is 0 Å². The van der Waals surface area contributed by atoms with Crippen LogP contribution < -0.4 is 11.1 Å². The van der Waals surface area contributed by atoms with Crippen LogP contribution in [0.5, 0.6) is 0 Å². The predicted octanol–water partition coefficient (Wildman–Crippen LogP) is 0.746. The van der Waals surface area contributed by atoms with Crippen molar-refractivity contribution < 1.29 is 0 Å². The first kappa shape index (κ1) is 12.9. The maximum absolute atomic E-state index is 5.66. The SMILES string of the molecule is CNC(CCN(C)C)Cc1ccnc(N)c1. The molecule has 1 unspecified atom stereocenters.